The van der Waals surface area contributed by atoms with Crippen LogP contribution in [0.4, 0.5) is 0 Å². The molecule has 0 aliphatic heterocycles. The molecule has 80 valence electrons. The highest BCUT2D eigenvalue weighted by Gasteiger charge is 2.21. The summed E-state index contributed by atoms with van der Waals surface area (Å²) in [6, 6.07) is 0. The lowest BCUT2D eigenvalue weighted by Crippen LogP contribution is -2.18. The Morgan fingerprint density at radius 2 is 1.93 bits per heavy atom. The molecule has 14 heavy (non-hydrogen) atoms. The maximum Gasteiger partial charge on any atom is 0.0608 e. The van der Waals surface area contributed by atoms with Crippen LogP contribution in [0, 0.1) is 5.92 Å². The van der Waals surface area contributed by atoms with Gasteiger partial charge >= 0.3 is 0 Å². The Morgan fingerprint density at radius 1 is 1.14 bits per heavy atom. The standard InChI is InChI=1S/C13H22O/c1-14-13-9-7-12(8-10-13)11-5-3-2-4-6-11/h7,11,13H,2-6,8-10H2,1H3. The molecule has 2 aliphatic carbocycles. The molecule has 1 atom stereocenters. The number of hydrogen-bond acceptors (Lipinski definition) is 1. The third kappa shape index (κ3) is 2.38. The van der Waals surface area contributed by atoms with Gasteiger partial charge in [-0.2, -0.15) is 0 Å². The van der Waals surface area contributed by atoms with Gasteiger partial charge < -0.3 is 4.74 Å². The van der Waals surface area contributed by atoms with Crippen molar-refractivity contribution in [1.82, 2.24) is 0 Å². The highest BCUT2D eigenvalue weighted by Crippen LogP contribution is 2.35. The number of hydrogen-bond donors (Lipinski definition) is 0. The van der Waals surface area contributed by atoms with Gasteiger partial charge in [0.1, 0.15) is 0 Å². The summed E-state index contributed by atoms with van der Waals surface area (Å²) in [5.74, 6) is 0.932. The summed E-state index contributed by atoms with van der Waals surface area (Å²) in [6.07, 6.45) is 13.9. The Labute approximate surface area is 87.5 Å². The molecule has 2 rings (SSSR count). The summed E-state index contributed by atoms with van der Waals surface area (Å²) >= 11 is 0. The molecule has 1 nitrogen and oxygen atoms in total. The van der Waals surface area contributed by atoms with Gasteiger partial charge in [-0.3, -0.25) is 0 Å². The van der Waals surface area contributed by atoms with Crippen molar-refractivity contribution in [3.8, 4) is 0 Å². The summed E-state index contributed by atoms with van der Waals surface area (Å²) < 4.78 is 5.38. The Morgan fingerprint density at radius 3 is 2.50 bits per heavy atom. The second-order valence-electron chi connectivity index (χ2n) is 4.75. The first-order valence-electron chi connectivity index (χ1n) is 6.12. The molecule has 0 N–H and O–H groups in total. The van der Waals surface area contributed by atoms with Gasteiger partial charge in [0.05, 0.1) is 6.10 Å². The molecular weight excluding hydrogens is 172 g/mol. The average molecular weight is 194 g/mol. The lowest BCUT2D eigenvalue weighted by atomic mass is 9.79. The van der Waals surface area contributed by atoms with Crippen LogP contribution in [0.2, 0.25) is 0 Å². The van der Waals surface area contributed by atoms with Gasteiger partial charge in [0.15, 0.2) is 0 Å². The maximum absolute atomic E-state index is 5.38. The van der Waals surface area contributed by atoms with Gasteiger partial charge in [0.25, 0.3) is 0 Å². The first kappa shape index (κ1) is 10.2. The highest BCUT2D eigenvalue weighted by atomic mass is 16.5. The van der Waals surface area contributed by atoms with Crippen molar-refractivity contribution in [3.63, 3.8) is 0 Å². The molecule has 1 unspecified atom stereocenters. The van der Waals surface area contributed by atoms with E-state index in [1.807, 2.05) is 7.11 Å². The van der Waals surface area contributed by atoms with Crippen molar-refractivity contribution in [2.45, 2.75) is 57.5 Å². The molecular formula is C13H22O. The number of allylic oxidation sites excluding steroid dienone is 1. The molecule has 0 heterocycles. The van der Waals surface area contributed by atoms with E-state index < -0.39 is 0 Å². The van der Waals surface area contributed by atoms with E-state index in [0.29, 0.717) is 6.10 Å². The van der Waals surface area contributed by atoms with Crippen molar-refractivity contribution in [2.24, 2.45) is 5.92 Å². The van der Waals surface area contributed by atoms with E-state index in [1.54, 1.807) is 5.57 Å². The lowest BCUT2D eigenvalue weighted by Gasteiger charge is -2.29. The fourth-order valence-electron chi connectivity index (χ4n) is 2.89. The molecule has 2 aliphatic rings. The molecule has 0 aromatic carbocycles. The third-order valence-electron chi connectivity index (χ3n) is 3.86. The van der Waals surface area contributed by atoms with Gasteiger partial charge in [-0.1, -0.05) is 30.9 Å². The first-order chi connectivity index (χ1) is 6.90. The van der Waals surface area contributed by atoms with Crippen molar-refractivity contribution >= 4 is 0 Å². The minimum Gasteiger partial charge on any atom is -0.381 e. The van der Waals surface area contributed by atoms with E-state index in [2.05, 4.69) is 6.08 Å². The maximum atomic E-state index is 5.38. The fourth-order valence-corrected chi connectivity index (χ4v) is 2.89. The molecule has 1 fully saturated rings. The van der Waals surface area contributed by atoms with E-state index in [0.717, 1.165) is 12.3 Å². The number of methoxy groups -OCH3 is 1. The third-order valence-corrected chi connectivity index (χ3v) is 3.86. The van der Waals surface area contributed by atoms with Gasteiger partial charge in [-0.05, 0) is 38.0 Å². The quantitative estimate of drug-likeness (QED) is 0.609. The molecule has 0 aromatic heterocycles. The van der Waals surface area contributed by atoms with E-state index in [4.69, 9.17) is 4.74 Å². The number of rotatable bonds is 2. The predicted octanol–water partition coefficient (Wildman–Crippen LogP) is 3.69. The van der Waals surface area contributed by atoms with Crippen LogP contribution in [-0.4, -0.2) is 13.2 Å². The summed E-state index contributed by atoms with van der Waals surface area (Å²) in [7, 11) is 1.84. The van der Waals surface area contributed by atoms with Gasteiger partial charge in [-0.15, -0.1) is 0 Å². The second kappa shape index (κ2) is 4.97. The fraction of sp³-hybridized carbons (Fsp3) is 0.846. The van der Waals surface area contributed by atoms with Crippen molar-refractivity contribution < 1.29 is 4.74 Å². The van der Waals surface area contributed by atoms with Crippen LogP contribution in [0.5, 0.6) is 0 Å². The van der Waals surface area contributed by atoms with Crippen LogP contribution in [0.1, 0.15) is 51.4 Å². The smallest absolute Gasteiger partial charge is 0.0608 e. The summed E-state index contributed by atoms with van der Waals surface area (Å²) in [5.41, 5.74) is 1.75. The van der Waals surface area contributed by atoms with Gasteiger partial charge in [0, 0.05) is 7.11 Å². The van der Waals surface area contributed by atoms with Gasteiger partial charge in [0.2, 0.25) is 0 Å². The summed E-state index contributed by atoms with van der Waals surface area (Å²) in [4.78, 5) is 0. The highest BCUT2D eigenvalue weighted by molar-refractivity contribution is 5.11. The second-order valence-corrected chi connectivity index (χ2v) is 4.75. The molecule has 0 bridgehead atoms. The largest absolute Gasteiger partial charge is 0.381 e. The zero-order valence-electron chi connectivity index (χ0n) is 9.30. The average Bonchev–Trinajstić information content (AvgIpc) is 2.30. The van der Waals surface area contributed by atoms with Crippen LogP contribution in [0.3, 0.4) is 0 Å². The molecule has 0 radical (unpaired) electrons. The monoisotopic (exact) mass is 194 g/mol. The van der Waals surface area contributed by atoms with Crippen molar-refractivity contribution in [1.29, 1.82) is 0 Å². The summed E-state index contributed by atoms with van der Waals surface area (Å²) in [6.45, 7) is 0. The van der Waals surface area contributed by atoms with Crippen molar-refractivity contribution in [2.75, 3.05) is 7.11 Å². The summed E-state index contributed by atoms with van der Waals surface area (Å²) in [5, 5.41) is 0. The molecule has 0 amide bonds. The first-order valence-corrected chi connectivity index (χ1v) is 6.12. The topological polar surface area (TPSA) is 9.23 Å². The van der Waals surface area contributed by atoms with Crippen LogP contribution in [-0.2, 0) is 4.74 Å². The minimum absolute atomic E-state index is 0.502. The SMILES string of the molecule is COC1CC=C(C2CCCCC2)CC1. The Bertz CT molecular complexity index is 201. The molecule has 0 spiro atoms. The van der Waals surface area contributed by atoms with Crippen LogP contribution < -0.4 is 0 Å². The number of ether oxygens (including phenoxy) is 1. The molecule has 1 heteroatoms. The minimum atomic E-state index is 0.502. The van der Waals surface area contributed by atoms with E-state index in [1.165, 1.54) is 44.9 Å². The Hall–Kier alpha value is -0.300. The Balaban J connectivity index is 1.88. The van der Waals surface area contributed by atoms with Crippen LogP contribution >= 0.6 is 0 Å². The Kier molecular flexibility index (Phi) is 3.63. The van der Waals surface area contributed by atoms with Crippen LogP contribution in [0.25, 0.3) is 0 Å². The van der Waals surface area contributed by atoms with Gasteiger partial charge in [-0.25, -0.2) is 0 Å². The predicted molar refractivity (Wildman–Crippen MR) is 59.3 cm³/mol. The lowest BCUT2D eigenvalue weighted by molar-refractivity contribution is 0.0923. The molecule has 0 saturated heterocycles. The van der Waals surface area contributed by atoms with E-state index >= 15 is 0 Å². The normalized spacial score (nSPS) is 30.1. The molecule has 0 aromatic rings. The van der Waals surface area contributed by atoms with Crippen LogP contribution in [0.15, 0.2) is 11.6 Å². The molecule has 1 saturated carbocycles. The van der Waals surface area contributed by atoms with Crippen molar-refractivity contribution in [3.05, 3.63) is 11.6 Å². The zero-order chi connectivity index (χ0) is 9.80. The van der Waals surface area contributed by atoms with E-state index in [9.17, 15) is 0 Å². The van der Waals surface area contributed by atoms with E-state index in [-0.39, 0.29) is 0 Å². The zero-order valence-corrected chi connectivity index (χ0v) is 9.30.